The number of carbonyl (C=O) groups is 1. The Bertz CT molecular complexity index is 611. The molecule has 0 atom stereocenters. The Morgan fingerprint density at radius 3 is 2.63 bits per heavy atom. The molecule has 0 fully saturated rings. The Kier molecular flexibility index (Phi) is 4.61. The highest BCUT2D eigenvalue weighted by molar-refractivity contribution is 9.10. The van der Waals surface area contributed by atoms with Gasteiger partial charge in [-0.1, -0.05) is 23.7 Å². The molecule has 2 aromatic rings. The van der Waals surface area contributed by atoms with Gasteiger partial charge in [-0.2, -0.15) is 0 Å². The fourth-order valence-electron chi connectivity index (χ4n) is 1.75. The molecule has 0 saturated heterocycles. The molecule has 0 aliphatic rings. The van der Waals surface area contributed by atoms with Crippen molar-refractivity contribution in [1.29, 1.82) is 0 Å². The molecule has 2 nitrogen and oxygen atoms in total. The number of hydrogen-bond donors (Lipinski definition) is 0. The van der Waals surface area contributed by atoms with E-state index in [1.165, 1.54) is 0 Å². The lowest BCUT2D eigenvalue weighted by Gasteiger charge is -2.10. The summed E-state index contributed by atoms with van der Waals surface area (Å²) in [5, 5.41) is 0.585. The van der Waals surface area contributed by atoms with Crippen LogP contribution in [-0.2, 0) is 0 Å². The van der Waals surface area contributed by atoms with Crippen LogP contribution in [0, 0.1) is 0 Å². The second-order valence-corrected chi connectivity index (χ2v) is 5.17. The minimum absolute atomic E-state index is 0.0902. The Morgan fingerprint density at radius 1 is 1.21 bits per heavy atom. The average molecular weight is 340 g/mol. The first-order valence-electron chi connectivity index (χ1n) is 5.85. The van der Waals surface area contributed by atoms with Gasteiger partial charge in [-0.05, 0) is 53.2 Å². The molecule has 0 bridgehead atoms. The third-order valence-corrected chi connectivity index (χ3v) is 3.50. The molecule has 2 aromatic carbocycles. The van der Waals surface area contributed by atoms with Crippen LogP contribution in [0.2, 0.25) is 5.02 Å². The van der Waals surface area contributed by atoms with E-state index in [1.54, 1.807) is 30.3 Å². The summed E-state index contributed by atoms with van der Waals surface area (Å²) in [5.41, 5.74) is 1.11. The number of hydrogen-bond acceptors (Lipinski definition) is 2. The van der Waals surface area contributed by atoms with E-state index in [4.69, 9.17) is 16.3 Å². The molecule has 0 aromatic heterocycles. The van der Waals surface area contributed by atoms with Crippen LogP contribution < -0.4 is 4.74 Å². The highest BCUT2D eigenvalue weighted by atomic mass is 79.9. The molecule has 0 radical (unpaired) electrons. The summed E-state index contributed by atoms with van der Waals surface area (Å²) < 4.78 is 6.16. The maximum atomic E-state index is 12.5. The van der Waals surface area contributed by atoms with Gasteiger partial charge in [0.2, 0.25) is 0 Å². The van der Waals surface area contributed by atoms with E-state index in [0.717, 1.165) is 0 Å². The highest BCUT2D eigenvalue weighted by Gasteiger charge is 2.16. The molecule has 0 unspecified atom stereocenters. The largest absolute Gasteiger partial charge is 0.493 e. The summed E-state index contributed by atoms with van der Waals surface area (Å²) in [4.78, 5) is 12.5. The first-order valence-corrected chi connectivity index (χ1v) is 7.02. The van der Waals surface area contributed by atoms with Crippen LogP contribution in [0.3, 0.4) is 0 Å². The lowest BCUT2D eigenvalue weighted by molar-refractivity contribution is 0.103. The van der Waals surface area contributed by atoms with Gasteiger partial charge in [-0.3, -0.25) is 4.79 Å². The first-order chi connectivity index (χ1) is 9.13. The van der Waals surface area contributed by atoms with E-state index in [-0.39, 0.29) is 5.78 Å². The van der Waals surface area contributed by atoms with Crippen molar-refractivity contribution in [2.24, 2.45) is 0 Å². The molecule has 0 saturated carbocycles. The summed E-state index contributed by atoms with van der Waals surface area (Å²) in [7, 11) is 0. The predicted octanol–water partition coefficient (Wildman–Crippen LogP) is 4.73. The Morgan fingerprint density at radius 2 is 1.95 bits per heavy atom. The summed E-state index contributed by atoms with van der Waals surface area (Å²) in [6.07, 6.45) is 0. The summed E-state index contributed by atoms with van der Waals surface area (Å²) in [6, 6.07) is 12.3. The van der Waals surface area contributed by atoms with Crippen LogP contribution in [0.5, 0.6) is 5.75 Å². The topological polar surface area (TPSA) is 26.3 Å². The van der Waals surface area contributed by atoms with Gasteiger partial charge in [0.05, 0.1) is 12.2 Å². The fourth-order valence-corrected chi connectivity index (χ4v) is 2.62. The number of benzene rings is 2. The van der Waals surface area contributed by atoms with E-state index in [9.17, 15) is 4.79 Å². The van der Waals surface area contributed by atoms with E-state index >= 15 is 0 Å². The van der Waals surface area contributed by atoms with Gasteiger partial charge < -0.3 is 4.74 Å². The van der Waals surface area contributed by atoms with Crippen LogP contribution >= 0.6 is 27.5 Å². The Hall–Kier alpha value is -1.32. The van der Waals surface area contributed by atoms with Crippen molar-refractivity contribution < 1.29 is 9.53 Å². The van der Waals surface area contributed by atoms with Crippen LogP contribution in [0.15, 0.2) is 46.9 Å². The molecule has 0 heterocycles. The summed E-state index contributed by atoms with van der Waals surface area (Å²) >= 11 is 9.25. The van der Waals surface area contributed by atoms with Gasteiger partial charge in [-0.25, -0.2) is 0 Å². The third-order valence-electron chi connectivity index (χ3n) is 2.61. The van der Waals surface area contributed by atoms with Gasteiger partial charge in [0.1, 0.15) is 5.75 Å². The molecule has 98 valence electrons. The normalized spacial score (nSPS) is 10.3. The van der Waals surface area contributed by atoms with Crippen LogP contribution in [0.4, 0.5) is 0 Å². The number of carbonyl (C=O) groups excluding carboxylic acids is 1. The van der Waals surface area contributed by atoms with Crippen molar-refractivity contribution in [1.82, 2.24) is 0 Å². The third kappa shape index (κ3) is 3.17. The van der Waals surface area contributed by atoms with Crippen molar-refractivity contribution >= 4 is 33.3 Å². The zero-order valence-corrected chi connectivity index (χ0v) is 12.7. The van der Waals surface area contributed by atoms with E-state index in [1.807, 2.05) is 19.1 Å². The number of ketones is 1. The van der Waals surface area contributed by atoms with E-state index < -0.39 is 0 Å². The van der Waals surface area contributed by atoms with Crippen molar-refractivity contribution in [2.75, 3.05) is 6.61 Å². The summed E-state index contributed by atoms with van der Waals surface area (Å²) in [6.45, 7) is 2.41. The second kappa shape index (κ2) is 6.22. The molecule has 4 heteroatoms. The van der Waals surface area contributed by atoms with Crippen molar-refractivity contribution in [3.05, 3.63) is 63.1 Å². The van der Waals surface area contributed by atoms with Crippen LogP contribution in [-0.4, -0.2) is 12.4 Å². The van der Waals surface area contributed by atoms with Gasteiger partial charge in [0, 0.05) is 15.1 Å². The molecule has 0 aliphatic heterocycles. The van der Waals surface area contributed by atoms with Gasteiger partial charge >= 0.3 is 0 Å². The van der Waals surface area contributed by atoms with E-state index in [2.05, 4.69) is 15.9 Å². The van der Waals surface area contributed by atoms with Crippen molar-refractivity contribution in [2.45, 2.75) is 6.92 Å². The summed E-state index contributed by atoms with van der Waals surface area (Å²) in [5.74, 6) is 0.504. The molecule has 19 heavy (non-hydrogen) atoms. The number of ether oxygens (including phenoxy) is 1. The van der Waals surface area contributed by atoms with Crippen molar-refractivity contribution in [3.8, 4) is 5.75 Å². The predicted molar refractivity (Wildman–Crippen MR) is 80.2 cm³/mol. The fraction of sp³-hybridized carbons (Fsp3) is 0.133. The maximum Gasteiger partial charge on any atom is 0.197 e. The molecular formula is C15H12BrClO2. The first kappa shape index (κ1) is 14.1. The molecule has 0 spiro atoms. The maximum absolute atomic E-state index is 12.5. The minimum atomic E-state index is -0.0902. The zero-order valence-electron chi connectivity index (χ0n) is 10.3. The molecule has 0 N–H and O–H groups in total. The monoisotopic (exact) mass is 338 g/mol. The standard InChI is InChI=1S/C15H12BrClO2/c1-2-19-14-6-4-3-5-12(14)15(18)11-8-7-10(17)9-13(11)16/h3-9H,2H2,1H3. The van der Waals surface area contributed by atoms with Gasteiger partial charge in [0.25, 0.3) is 0 Å². The smallest absolute Gasteiger partial charge is 0.197 e. The van der Waals surface area contributed by atoms with Crippen LogP contribution in [0.25, 0.3) is 0 Å². The van der Waals surface area contributed by atoms with Gasteiger partial charge in [-0.15, -0.1) is 0 Å². The molecule has 2 rings (SSSR count). The van der Waals surface area contributed by atoms with E-state index in [0.29, 0.717) is 33.0 Å². The van der Waals surface area contributed by atoms with Gasteiger partial charge in [0.15, 0.2) is 5.78 Å². The minimum Gasteiger partial charge on any atom is -0.493 e. The SMILES string of the molecule is CCOc1ccccc1C(=O)c1ccc(Cl)cc1Br. The Balaban J connectivity index is 2.44. The molecule has 0 aliphatic carbocycles. The highest BCUT2D eigenvalue weighted by Crippen LogP contribution is 2.27. The lowest BCUT2D eigenvalue weighted by Crippen LogP contribution is -2.06. The molecular weight excluding hydrogens is 328 g/mol. The van der Waals surface area contributed by atoms with Crippen LogP contribution in [0.1, 0.15) is 22.8 Å². The number of halogens is 2. The quantitative estimate of drug-likeness (QED) is 0.753. The number of rotatable bonds is 4. The Labute approximate surface area is 125 Å². The average Bonchev–Trinajstić information content (AvgIpc) is 2.39. The number of para-hydroxylation sites is 1. The van der Waals surface area contributed by atoms with Crippen molar-refractivity contribution in [3.63, 3.8) is 0 Å². The molecule has 0 amide bonds. The lowest BCUT2D eigenvalue weighted by atomic mass is 10.0. The zero-order chi connectivity index (χ0) is 13.8. The second-order valence-electron chi connectivity index (χ2n) is 3.88.